The van der Waals surface area contributed by atoms with E-state index in [1.54, 1.807) is 29.2 Å². The van der Waals surface area contributed by atoms with Gasteiger partial charge in [0.2, 0.25) is 0 Å². The number of hydrogen-bond donors (Lipinski definition) is 0. The van der Waals surface area contributed by atoms with Gasteiger partial charge in [-0.05, 0) is 80.7 Å². The van der Waals surface area contributed by atoms with E-state index in [0.717, 1.165) is 50.1 Å². The van der Waals surface area contributed by atoms with Crippen LogP contribution in [0, 0.1) is 12.8 Å². The summed E-state index contributed by atoms with van der Waals surface area (Å²) in [6.07, 6.45) is 0.497. The van der Waals surface area contributed by atoms with Gasteiger partial charge < -0.3 is 14.4 Å². The topological polar surface area (TPSA) is 72.0 Å². The number of aryl methyl sites for hydroxylation is 1. The highest BCUT2D eigenvalue weighted by Gasteiger charge is 2.31. The number of nitrogens with zero attached hydrogens (tertiary/aromatic N) is 3. The van der Waals surface area contributed by atoms with E-state index >= 15 is 0 Å². The zero-order valence-corrected chi connectivity index (χ0v) is 24.2. The lowest BCUT2D eigenvalue weighted by Gasteiger charge is -2.32. The number of alkyl halides is 3. The number of likely N-dealkylation sites (tertiary alicyclic amines) is 2. The molecule has 10 heteroatoms. The summed E-state index contributed by atoms with van der Waals surface area (Å²) in [5, 5.41) is 0. The van der Waals surface area contributed by atoms with Crippen molar-refractivity contribution in [2.24, 2.45) is 5.92 Å². The minimum absolute atomic E-state index is 0.0132. The lowest BCUT2D eigenvalue weighted by Crippen LogP contribution is -2.42. The van der Waals surface area contributed by atoms with Crippen LogP contribution in [0.4, 0.5) is 13.2 Å². The van der Waals surface area contributed by atoms with Gasteiger partial charge in [-0.25, -0.2) is 0 Å². The van der Waals surface area contributed by atoms with Crippen molar-refractivity contribution in [2.75, 3.05) is 26.2 Å². The maximum atomic E-state index is 13.0. The Hall–Kier alpha value is -3.92. The SMILES string of the molecule is Cc1ccc(OC2CCN(C(=O)c3ccc(C(=O)CC4CCN(Cc5ccc(OC(F)(F)F)cc5)CC4)cn3)CC2)cc1. The van der Waals surface area contributed by atoms with E-state index in [1.165, 1.54) is 23.9 Å². The summed E-state index contributed by atoms with van der Waals surface area (Å²) in [5.41, 5.74) is 2.93. The zero-order valence-electron chi connectivity index (χ0n) is 24.2. The number of pyridine rings is 1. The van der Waals surface area contributed by atoms with Gasteiger partial charge in [-0.3, -0.25) is 19.5 Å². The van der Waals surface area contributed by atoms with Crippen LogP contribution >= 0.6 is 0 Å². The van der Waals surface area contributed by atoms with E-state index in [-0.39, 0.29) is 29.5 Å². The van der Waals surface area contributed by atoms with E-state index in [4.69, 9.17) is 4.74 Å². The van der Waals surface area contributed by atoms with Crippen LogP contribution in [0.25, 0.3) is 0 Å². The first kappa shape index (κ1) is 30.5. The number of amides is 1. The molecule has 2 aliphatic rings. The molecule has 2 aliphatic heterocycles. The van der Waals surface area contributed by atoms with Crippen molar-refractivity contribution in [2.45, 2.75) is 58.0 Å². The Kier molecular flexibility index (Phi) is 9.65. The molecule has 228 valence electrons. The van der Waals surface area contributed by atoms with Crippen LogP contribution in [0.3, 0.4) is 0 Å². The Morgan fingerprint density at radius 3 is 2.12 bits per heavy atom. The lowest BCUT2D eigenvalue weighted by molar-refractivity contribution is -0.274. The lowest BCUT2D eigenvalue weighted by atomic mass is 9.90. The fraction of sp³-hybridized carbons (Fsp3) is 0.424. The molecule has 2 saturated heterocycles. The normalized spacial score (nSPS) is 17.1. The summed E-state index contributed by atoms with van der Waals surface area (Å²) in [4.78, 5) is 34.3. The number of rotatable bonds is 9. The maximum Gasteiger partial charge on any atom is 0.573 e. The summed E-state index contributed by atoms with van der Waals surface area (Å²) in [5.74, 6) is 0.734. The van der Waals surface area contributed by atoms with Crippen LogP contribution in [0.15, 0.2) is 66.9 Å². The number of hydrogen-bond acceptors (Lipinski definition) is 6. The first-order valence-electron chi connectivity index (χ1n) is 14.7. The van der Waals surface area contributed by atoms with E-state index in [0.29, 0.717) is 37.3 Å². The second-order valence-electron chi connectivity index (χ2n) is 11.4. The van der Waals surface area contributed by atoms with Crippen LogP contribution in [0.1, 0.15) is 64.1 Å². The molecule has 43 heavy (non-hydrogen) atoms. The molecule has 3 aromatic rings. The molecule has 2 fully saturated rings. The average Bonchev–Trinajstić information content (AvgIpc) is 3.00. The van der Waals surface area contributed by atoms with E-state index in [9.17, 15) is 22.8 Å². The first-order valence-corrected chi connectivity index (χ1v) is 14.7. The highest BCUT2D eigenvalue weighted by Crippen LogP contribution is 2.26. The van der Waals surface area contributed by atoms with Crippen molar-refractivity contribution >= 4 is 11.7 Å². The quantitative estimate of drug-likeness (QED) is 0.265. The van der Waals surface area contributed by atoms with Crippen LogP contribution in [-0.2, 0) is 6.54 Å². The predicted molar refractivity (Wildman–Crippen MR) is 155 cm³/mol. The van der Waals surface area contributed by atoms with Crippen molar-refractivity contribution in [1.29, 1.82) is 0 Å². The number of carbonyl (C=O) groups is 2. The van der Waals surface area contributed by atoms with Crippen molar-refractivity contribution in [1.82, 2.24) is 14.8 Å². The molecule has 3 heterocycles. The third-order valence-electron chi connectivity index (χ3n) is 8.10. The minimum Gasteiger partial charge on any atom is -0.490 e. The van der Waals surface area contributed by atoms with Crippen LogP contribution in [-0.4, -0.2) is 65.1 Å². The molecule has 0 bridgehead atoms. The molecule has 7 nitrogen and oxygen atoms in total. The molecule has 0 radical (unpaired) electrons. The summed E-state index contributed by atoms with van der Waals surface area (Å²) in [6, 6.07) is 17.2. The molecule has 5 rings (SSSR count). The fourth-order valence-corrected chi connectivity index (χ4v) is 5.62. The van der Waals surface area contributed by atoms with E-state index in [1.807, 2.05) is 31.2 Å². The predicted octanol–water partition coefficient (Wildman–Crippen LogP) is 6.46. The third kappa shape index (κ3) is 8.79. The molecule has 0 unspecified atom stereocenters. The molecule has 1 aromatic heterocycles. The summed E-state index contributed by atoms with van der Waals surface area (Å²) in [6.45, 7) is 5.45. The number of carbonyl (C=O) groups excluding carboxylic acids is 2. The fourth-order valence-electron chi connectivity index (χ4n) is 5.62. The van der Waals surface area contributed by atoms with Crippen molar-refractivity contribution in [3.63, 3.8) is 0 Å². The third-order valence-corrected chi connectivity index (χ3v) is 8.10. The smallest absolute Gasteiger partial charge is 0.490 e. The van der Waals surface area contributed by atoms with E-state index < -0.39 is 6.36 Å². The Morgan fingerprint density at radius 1 is 0.860 bits per heavy atom. The van der Waals surface area contributed by atoms with Gasteiger partial charge in [-0.2, -0.15) is 0 Å². The number of ether oxygens (including phenoxy) is 2. The number of halogens is 3. The largest absolute Gasteiger partial charge is 0.573 e. The van der Waals surface area contributed by atoms with Gasteiger partial charge in [0.1, 0.15) is 23.3 Å². The average molecular weight is 596 g/mol. The summed E-state index contributed by atoms with van der Waals surface area (Å²) in [7, 11) is 0. The van der Waals surface area contributed by atoms with Gasteiger partial charge in [-0.15, -0.1) is 13.2 Å². The molecule has 2 aromatic carbocycles. The second kappa shape index (κ2) is 13.6. The Balaban J connectivity index is 1.03. The highest BCUT2D eigenvalue weighted by atomic mass is 19.4. The maximum absolute atomic E-state index is 13.0. The van der Waals surface area contributed by atoms with Gasteiger partial charge in [0.25, 0.3) is 5.91 Å². The monoisotopic (exact) mass is 595 g/mol. The van der Waals surface area contributed by atoms with Crippen molar-refractivity contribution < 1.29 is 32.2 Å². The molecule has 1 amide bonds. The van der Waals surface area contributed by atoms with Gasteiger partial charge in [0.15, 0.2) is 5.78 Å². The molecule has 0 aliphatic carbocycles. The van der Waals surface area contributed by atoms with Crippen LogP contribution in [0.2, 0.25) is 0 Å². The minimum atomic E-state index is -4.70. The summed E-state index contributed by atoms with van der Waals surface area (Å²) < 4.78 is 47.1. The van der Waals surface area contributed by atoms with Crippen molar-refractivity contribution in [3.05, 3.63) is 89.2 Å². The summed E-state index contributed by atoms with van der Waals surface area (Å²) >= 11 is 0. The second-order valence-corrected chi connectivity index (χ2v) is 11.4. The zero-order chi connectivity index (χ0) is 30.4. The Labute approximate surface area is 249 Å². The van der Waals surface area contributed by atoms with Crippen LogP contribution < -0.4 is 9.47 Å². The molecular weight excluding hydrogens is 559 g/mol. The number of benzene rings is 2. The van der Waals surface area contributed by atoms with Gasteiger partial charge in [-0.1, -0.05) is 29.8 Å². The van der Waals surface area contributed by atoms with Gasteiger partial charge in [0, 0.05) is 50.7 Å². The van der Waals surface area contributed by atoms with Crippen LogP contribution in [0.5, 0.6) is 11.5 Å². The standard InChI is InChI=1S/C33H36F3N3O4/c1-23-2-7-27(8-3-23)42-28-14-18-39(19-15-28)32(41)30-11-6-26(21-37-30)31(40)20-24-12-16-38(17-13-24)22-25-4-9-29(10-5-25)43-33(34,35)36/h2-11,21,24,28H,12-20,22H2,1H3. The molecule has 0 atom stereocenters. The van der Waals surface area contributed by atoms with Gasteiger partial charge in [0.05, 0.1) is 0 Å². The number of Topliss-reactive ketones (excluding diaryl/α,β-unsaturated/α-hetero) is 1. The highest BCUT2D eigenvalue weighted by molar-refractivity contribution is 5.97. The molecular formula is C33H36F3N3O4. The Morgan fingerprint density at radius 2 is 1.51 bits per heavy atom. The first-order chi connectivity index (χ1) is 20.6. The van der Waals surface area contributed by atoms with Gasteiger partial charge >= 0.3 is 6.36 Å². The molecule has 0 N–H and O–H groups in total. The number of piperidine rings is 2. The Bertz CT molecular complexity index is 1360. The number of aromatic nitrogens is 1. The molecule has 0 saturated carbocycles. The molecule has 0 spiro atoms. The van der Waals surface area contributed by atoms with E-state index in [2.05, 4.69) is 14.6 Å². The van der Waals surface area contributed by atoms with Crippen molar-refractivity contribution in [3.8, 4) is 11.5 Å². The number of ketones is 1.